The molecule has 1 saturated carbocycles. The van der Waals surface area contributed by atoms with Crippen LogP contribution >= 0.6 is 0 Å². The zero-order chi connectivity index (χ0) is 14.2. The molecule has 1 unspecified atom stereocenters. The van der Waals surface area contributed by atoms with E-state index in [1.807, 2.05) is 0 Å². The van der Waals surface area contributed by atoms with Crippen molar-refractivity contribution in [1.29, 1.82) is 0 Å². The van der Waals surface area contributed by atoms with Gasteiger partial charge in [-0.25, -0.2) is 0 Å². The van der Waals surface area contributed by atoms with Crippen LogP contribution in [-0.2, 0) is 13.1 Å². The Labute approximate surface area is 122 Å². The Bertz CT molecular complexity index is 445. The number of hydrogen-bond acceptors (Lipinski definition) is 3. The van der Waals surface area contributed by atoms with Crippen LogP contribution in [0.1, 0.15) is 37.8 Å². The molecule has 0 spiro atoms. The highest BCUT2D eigenvalue weighted by Crippen LogP contribution is 2.41. The third-order valence-electron chi connectivity index (χ3n) is 4.63. The topological polar surface area (TPSA) is 35.5 Å². The van der Waals surface area contributed by atoms with Gasteiger partial charge < -0.3 is 10.4 Å². The minimum atomic E-state index is -0.115. The van der Waals surface area contributed by atoms with Crippen LogP contribution in [-0.4, -0.2) is 34.7 Å². The molecule has 0 aromatic heterocycles. The van der Waals surface area contributed by atoms with Crippen LogP contribution in [0.3, 0.4) is 0 Å². The maximum Gasteiger partial charge on any atom is 0.0628 e. The molecule has 2 aliphatic rings. The number of hydrogen-bond donors (Lipinski definition) is 2. The molecule has 0 saturated heterocycles. The largest absolute Gasteiger partial charge is 0.394 e. The Morgan fingerprint density at radius 1 is 1.25 bits per heavy atom. The highest BCUT2D eigenvalue weighted by Gasteiger charge is 2.46. The summed E-state index contributed by atoms with van der Waals surface area (Å²) < 4.78 is 0. The number of rotatable bonds is 6. The van der Waals surface area contributed by atoms with Gasteiger partial charge >= 0.3 is 0 Å². The second kappa shape index (κ2) is 5.47. The molecular formula is C17H26N2O. The lowest BCUT2D eigenvalue weighted by atomic mass is 9.92. The number of aliphatic hydroxyl groups is 1. The van der Waals surface area contributed by atoms with Crippen molar-refractivity contribution in [3.63, 3.8) is 0 Å². The normalized spacial score (nSPS) is 22.0. The monoisotopic (exact) mass is 274 g/mol. The molecule has 1 aromatic rings. The molecule has 1 aromatic carbocycles. The van der Waals surface area contributed by atoms with E-state index < -0.39 is 0 Å². The molecular weight excluding hydrogens is 248 g/mol. The van der Waals surface area contributed by atoms with Gasteiger partial charge in [0.1, 0.15) is 0 Å². The predicted molar refractivity (Wildman–Crippen MR) is 81.4 cm³/mol. The Morgan fingerprint density at radius 3 is 2.30 bits per heavy atom. The first-order valence-electron chi connectivity index (χ1n) is 7.81. The Balaban J connectivity index is 1.72. The van der Waals surface area contributed by atoms with Crippen LogP contribution in [0.4, 0.5) is 0 Å². The minimum Gasteiger partial charge on any atom is -0.394 e. The summed E-state index contributed by atoms with van der Waals surface area (Å²) in [6.07, 6.45) is 2.50. The van der Waals surface area contributed by atoms with Crippen LogP contribution in [0.2, 0.25) is 0 Å². The molecule has 3 rings (SSSR count). The van der Waals surface area contributed by atoms with Gasteiger partial charge in [-0.1, -0.05) is 38.1 Å². The molecule has 1 aliphatic heterocycles. The fourth-order valence-corrected chi connectivity index (χ4v) is 3.64. The SMILES string of the molecule is CC(C)NC(CO)(CN1Cc2ccccc2C1)C1CC1. The van der Waals surface area contributed by atoms with Crippen molar-refractivity contribution in [2.45, 2.75) is 51.4 Å². The van der Waals surface area contributed by atoms with E-state index >= 15 is 0 Å². The third-order valence-corrected chi connectivity index (χ3v) is 4.63. The molecule has 0 radical (unpaired) electrons. The zero-order valence-electron chi connectivity index (χ0n) is 12.6. The molecule has 3 nitrogen and oxygen atoms in total. The van der Waals surface area contributed by atoms with Gasteiger partial charge in [0, 0.05) is 25.7 Å². The maximum absolute atomic E-state index is 10.0. The minimum absolute atomic E-state index is 0.115. The van der Waals surface area contributed by atoms with E-state index in [4.69, 9.17) is 0 Å². The van der Waals surface area contributed by atoms with Gasteiger partial charge in [-0.05, 0) is 29.9 Å². The molecule has 1 fully saturated rings. The van der Waals surface area contributed by atoms with E-state index in [2.05, 4.69) is 48.3 Å². The zero-order valence-corrected chi connectivity index (χ0v) is 12.6. The molecule has 3 heteroatoms. The first-order valence-corrected chi connectivity index (χ1v) is 7.81. The summed E-state index contributed by atoms with van der Waals surface area (Å²) in [5.41, 5.74) is 2.77. The third kappa shape index (κ3) is 2.76. The van der Waals surface area contributed by atoms with Crippen molar-refractivity contribution in [1.82, 2.24) is 10.2 Å². The van der Waals surface area contributed by atoms with Crippen LogP contribution in [0.5, 0.6) is 0 Å². The van der Waals surface area contributed by atoms with Crippen LogP contribution in [0.15, 0.2) is 24.3 Å². The van der Waals surface area contributed by atoms with E-state index in [1.165, 1.54) is 24.0 Å². The standard InChI is InChI=1S/C17H26N2O/c1-13(2)18-17(12-20,16-7-8-16)11-19-9-14-5-3-4-6-15(14)10-19/h3-6,13,16,18,20H,7-12H2,1-2H3. The number of aliphatic hydroxyl groups excluding tert-OH is 1. The number of benzene rings is 1. The summed E-state index contributed by atoms with van der Waals surface area (Å²) in [4.78, 5) is 2.48. The van der Waals surface area contributed by atoms with Crippen LogP contribution in [0, 0.1) is 5.92 Å². The summed E-state index contributed by atoms with van der Waals surface area (Å²) in [6.45, 7) is 7.57. The van der Waals surface area contributed by atoms with Gasteiger partial charge in [0.25, 0.3) is 0 Å². The van der Waals surface area contributed by atoms with Crippen molar-refractivity contribution in [3.8, 4) is 0 Å². The summed E-state index contributed by atoms with van der Waals surface area (Å²) >= 11 is 0. The average Bonchev–Trinajstić information content (AvgIpc) is 3.18. The quantitative estimate of drug-likeness (QED) is 0.834. The number of nitrogens with zero attached hydrogens (tertiary/aromatic N) is 1. The van der Waals surface area contributed by atoms with Gasteiger partial charge in [-0.2, -0.15) is 0 Å². The first-order chi connectivity index (χ1) is 9.63. The van der Waals surface area contributed by atoms with E-state index in [-0.39, 0.29) is 12.1 Å². The second-order valence-corrected chi connectivity index (χ2v) is 6.80. The highest BCUT2D eigenvalue weighted by atomic mass is 16.3. The lowest BCUT2D eigenvalue weighted by Gasteiger charge is -2.38. The molecule has 20 heavy (non-hydrogen) atoms. The van der Waals surface area contributed by atoms with E-state index in [0.29, 0.717) is 12.0 Å². The van der Waals surface area contributed by atoms with Gasteiger partial charge in [-0.15, -0.1) is 0 Å². The van der Waals surface area contributed by atoms with Gasteiger partial charge in [0.15, 0.2) is 0 Å². The lowest BCUT2D eigenvalue weighted by molar-refractivity contribution is 0.0824. The smallest absolute Gasteiger partial charge is 0.0628 e. The average molecular weight is 274 g/mol. The molecule has 110 valence electrons. The summed E-state index contributed by atoms with van der Waals surface area (Å²) in [7, 11) is 0. The maximum atomic E-state index is 10.0. The molecule has 2 N–H and O–H groups in total. The van der Waals surface area contributed by atoms with Crippen LogP contribution in [0.25, 0.3) is 0 Å². The fraction of sp³-hybridized carbons (Fsp3) is 0.647. The van der Waals surface area contributed by atoms with E-state index in [9.17, 15) is 5.11 Å². The summed E-state index contributed by atoms with van der Waals surface area (Å²) in [5.74, 6) is 0.638. The van der Waals surface area contributed by atoms with E-state index in [1.54, 1.807) is 0 Å². The molecule has 0 amide bonds. The Morgan fingerprint density at radius 2 is 1.85 bits per heavy atom. The lowest BCUT2D eigenvalue weighted by Crippen LogP contribution is -2.59. The van der Waals surface area contributed by atoms with Crippen molar-refractivity contribution < 1.29 is 5.11 Å². The summed E-state index contributed by atoms with van der Waals surface area (Å²) in [6, 6.07) is 9.10. The van der Waals surface area contributed by atoms with Crippen LogP contribution < -0.4 is 5.32 Å². The number of fused-ring (bicyclic) bond motifs is 1. The predicted octanol–water partition coefficient (Wildman–Crippen LogP) is 2.14. The molecule has 1 aliphatic carbocycles. The van der Waals surface area contributed by atoms with Crippen molar-refractivity contribution in [3.05, 3.63) is 35.4 Å². The fourth-order valence-electron chi connectivity index (χ4n) is 3.64. The molecule has 1 atom stereocenters. The Hall–Kier alpha value is -0.900. The van der Waals surface area contributed by atoms with Gasteiger partial charge in [0.2, 0.25) is 0 Å². The van der Waals surface area contributed by atoms with Crippen molar-refractivity contribution >= 4 is 0 Å². The first kappa shape index (κ1) is 14.1. The second-order valence-electron chi connectivity index (χ2n) is 6.80. The number of nitrogens with one attached hydrogen (secondary N) is 1. The Kier molecular flexibility index (Phi) is 3.85. The van der Waals surface area contributed by atoms with Crippen molar-refractivity contribution in [2.24, 2.45) is 5.92 Å². The van der Waals surface area contributed by atoms with Gasteiger partial charge in [0.05, 0.1) is 12.1 Å². The molecule has 0 bridgehead atoms. The highest BCUT2D eigenvalue weighted by molar-refractivity contribution is 5.30. The van der Waals surface area contributed by atoms with E-state index in [0.717, 1.165) is 19.6 Å². The van der Waals surface area contributed by atoms with Crippen molar-refractivity contribution in [2.75, 3.05) is 13.2 Å². The molecule has 1 heterocycles. The summed E-state index contributed by atoms with van der Waals surface area (Å²) in [5, 5.41) is 13.7. The van der Waals surface area contributed by atoms with Gasteiger partial charge in [-0.3, -0.25) is 4.90 Å².